The largest absolute Gasteiger partial charge is 0.493 e. The molecule has 0 aromatic carbocycles. The molecular weight excluding hydrogens is 516 g/mol. The van der Waals surface area contributed by atoms with Crippen LogP contribution in [-0.2, 0) is 4.79 Å². The Labute approximate surface area is 226 Å². The van der Waals surface area contributed by atoms with Crippen molar-refractivity contribution in [3.05, 3.63) is 85.9 Å². The molecule has 2 unspecified atom stereocenters. The lowest BCUT2D eigenvalue weighted by Crippen LogP contribution is -2.28. The number of thioether (sulfide) groups is 1. The summed E-state index contributed by atoms with van der Waals surface area (Å²) >= 11 is 1.55. The van der Waals surface area contributed by atoms with Gasteiger partial charge in [0.2, 0.25) is 5.88 Å². The van der Waals surface area contributed by atoms with E-state index in [0.29, 0.717) is 35.2 Å². The van der Waals surface area contributed by atoms with Gasteiger partial charge in [-0.05, 0) is 43.4 Å². The third-order valence-electron chi connectivity index (χ3n) is 7.36. The van der Waals surface area contributed by atoms with Gasteiger partial charge in [-0.25, -0.2) is 9.78 Å². The molecule has 0 spiro atoms. The number of hydrogen-bond acceptors (Lipinski definition) is 8. The lowest BCUT2D eigenvalue weighted by molar-refractivity contribution is -0.125. The van der Waals surface area contributed by atoms with Crippen molar-refractivity contribution in [3.63, 3.8) is 0 Å². The molecule has 3 aliphatic rings. The van der Waals surface area contributed by atoms with Crippen LogP contribution >= 0.6 is 11.8 Å². The number of carbonyl (C=O) groups is 1. The van der Waals surface area contributed by atoms with E-state index in [9.17, 15) is 14.7 Å². The second-order valence-corrected chi connectivity index (χ2v) is 11.4. The van der Waals surface area contributed by atoms with Crippen molar-refractivity contribution in [1.29, 1.82) is 0 Å². The number of likely N-dealkylation sites (tertiary alicyclic amines) is 1. The molecule has 2 fully saturated rings. The molecule has 11 nitrogen and oxygen atoms in total. The van der Waals surface area contributed by atoms with Gasteiger partial charge in [-0.3, -0.25) is 19.8 Å². The van der Waals surface area contributed by atoms with Crippen LogP contribution in [0, 0.1) is 0 Å². The smallest absolute Gasteiger partial charge is 0.326 e. The van der Waals surface area contributed by atoms with Gasteiger partial charge in [-0.1, -0.05) is 12.1 Å². The van der Waals surface area contributed by atoms with Gasteiger partial charge in [0.15, 0.2) is 11.1 Å². The number of aromatic nitrogens is 6. The summed E-state index contributed by atoms with van der Waals surface area (Å²) in [5.41, 5.74) is 3.04. The van der Waals surface area contributed by atoms with Crippen molar-refractivity contribution in [3.8, 4) is 5.88 Å². The van der Waals surface area contributed by atoms with Crippen LogP contribution in [0.25, 0.3) is 11.7 Å². The number of rotatable bonds is 5. The number of H-pyrrole nitrogens is 2. The highest BCUT2D eigenvalue weighted by molar-refractivity contribution is 8.04. The molecule has 1 aliphatic carbocycles. The molecule has 3 N–H and O–H groups in total. The normalized spacial score (nSPS) is 22.3. The second-order valence-electron chi connectivity index (χ2n) is 10.2. The summed E-state index contributed by atoms with van der Waals surface area (Å²) in [5, 5.41) is 15.1. The Kier molecular flexibility index (Phi) is 5.84. The molecule has 1 saturated carbocycles. The van der Waals surface area contributed by atoms with E-state index in [1.165, 1.54) is 5.56 Å². The molecule has 2 aliphatic heterocycles. The second kappa shape index (κ2) is 9.53. The molecule has 12 heteroatoms. The third-order valence-corrected chi connectivity index (χ3v) is 8.67. The monoisotopic (exact) mass is 542 g/mol. The van der Waals surface area contributed by atoms with E-state index in [4.69, 9.17) is 9.98 Å². The Bertz CT molecular complexity index is 1790. The summed E-state index contributed by atoms with van der Waals surface area (Å²) in [7, 11) is 0. The molecular formula is C27H26N8O3S. The van der Waals surface area contributed by atoms with Crippen molar-refractivity contribution in [2.45, 2.75) is 42.9 Å². The predicted molar refractivity (Wildman–Crippen MR) is 145 cm³/mol. The van der Waals surface area contributed by atoms with E-state index >= 15 is 0 Å². The molecule has 4 aromatic rings. The fraction of sp³-hybridized carbons (Fsp3) is 0.333. The summed E-state index contributed by atoms with van der Waals surface area (Å²) in [6, 6.07) is 6.26. The van der Waals surface area contributed by atoms with Gasteiger partial charge >= 0.3 is 5.69 Å². The minimum Gasteiger partial charge on any atom is -0.493 e. The first kappa shape index (κ1) is 23.9. The van der Waals surface area contributed by atoms with Gasteiger partial charge in [-0.15, -0.1) is 11.8 Å². The maximum absolute atomic E-state index is 13.4. The quantitative estimate of drug-likeness (QED) is 0.347. The Morgan fingerprint density at radius 1 is 1.23 bits per heavy atom. The van der Waals surface area contributed by atoms with Crippen LogP contribution in [0.15, 0.2) is 57.6 Å². The summed E-state index contributed by atoms with van der Waals surface area (Å²) in [6.45, 7) is 1.43. The van der Waals surface area contributed by atoms with Crippen molar-refractivity contribution < 1.29 is 9.90 Å². The first-order valence-electron chi connectivity index (χ1n) is 13.0. The third kappa shape index (κ3) is 4.65. The highest BCUT2D eigenvalue weighted by atomic mass is 32.2. The highest BCUT2D eigenvalue weighted by Crippen LogP contribution is 2.44. The van der Waals surface area contributed by atoms with Gasteiger partial charge in [0, 0.05) is 42.7 Å². The number of allylic oxidation sites excluding steroid dienone is 1. The number of aromatic hydroxyl groups is 1. The van der Waals surface area contributed by atoms with E-state index < -0.39 is 5.69 Å². The Morgan fingerprint density at radius 2 is 2.13 bits per heavy atom. The minimum absolute atomic E-state index is 0.0259. The number of pyridine rings is 1. The van der Waals surface area contributed by atoms with E-state index in [-0.39, 0.29) is 28.8 Å². The zero-order valence-corrected chi connectivity index (χ0v) is 21.8. The molecule has 1 amide bonds. The van der Waals surface area contributed by atoms with Gasteiger partial charge in [0.05, 0.1) is 28.1 Å². The zero-order chi connectivity index (χ0) is 26.5. The number of imidazole rings is 1. The minimum atomic E-state index is -0.497. The number of carbonyl (C=O) groups excluding carboxylic acids is 1. The van der Waals surface area contributed by atoms with Crippen LogP contribution in [0.4, 0.5) is 0 Å². The molecule has 2 atom stereocenters. The Morgan fingerprint density at radius 3 is 2.90 bits per heavy atom. The van der Waals surface area contributed by atoms with Gasteiger partial charge in [-0.2, -0.15) is 9.61 Å². The first-order valence-corrected chi connectivity index (χ1v) is 13.9. The summed E-state index contributed by atoms with van der Waals surface area (Å²) in [5.74, 6) is 0.139. The first-order chi connectivity index (χ1) is 19.0. The number of aromatic amines is 2. The molecule has 4 aromatic heterocycles. The molecule has 0 bridgehead atoms. The van der Waals surface area contributed by atoms with E-state index in [0.717, 1.165) is 36.4 Å². The fourth-order valence-electron chi connectivity index (χ4n) is 5.15. The zero-order valence-electron chi connectivity index (χ0n) is 20.9. The van der Waals surface area contributed by atoms with Crippen LogP contribution in [0.3, 0.4) is 0 Å². The number of hydrogen-bond donors (Lipinski definition) is 3. The van der Waals surface area contributed by atoms with E-state index in [2.05, 4.69) is 26.1 Å². The molecule has 39 heavy (non-hydrogen) atoms. The number of fused-ring (bicyclic) bond motifs is 1. The van der Waals surface area contributed by atoms with Gasteiger partial charge < -0.3 is 15.0 Å². The summed E-state index contributed by atoms with van der Waals surface area (Å²) in [6.07, 6.45) is 12.7. The van der Waals surface area contributed by atoms with Crippen LogP contribution in [0.1, 0.15) is 53.8 Å². The standard InChI is InChI=1S/C27H26N8O3S/c36-25-20(32-27(38)33-25)10-17-13-29-35-23(30-18-3-4-18)11-19(31-24(17)35)21-5-6-22(39-21)26(37)34-9-7-16(14-34)15-2-1-8-28-12-15/h1-2,6,8,10-13,16,18,21,36H,3-5,7,9,14H2,(H2,32,33,38). The lowest BCUT2D eigenvalue weighted by Gasteiger charge is -2.18. The molecule has 198 valence electrons. The predicted octanol–water partition coefficient (Wildman–Crippen LogP) is 1.54. The Hall–Kier alpha value is -4.19. The van der Waals surface area contributed by atoms with Crippen LogP contribution in [0.5, 0.6) is 5.88 Å². The molecule has 6 heterocycles. The van der Waals surface area contributed by atoms with Crippen molar-refractivity contribution in [1.82, 2.24) is 34.4 Å². The van der Waals surface area contributed by atoms with Gasteiger partial charge in [0.1, 0.15) is 5.69 Å². The summed E-state index contributed by atoms with van der Waals surface area (Å²) in [4.78, 5) is 46.6. The molecule has 7 rings (SSSR count). The molecule has 0 radical (unpaired) electrons. The summed E-state index contributed by atoms with van der Waals surface area (Å²) < 4.78 is 1.69. The number of nitrogens with one attached hydrogen (secondary N) is 2. The van der Waals surface area contributed by atoms with E-state index in [1.807, 2.05) is 29.3 Å². The lowest BCUT2D eigenvalue weighted by atomic mass is 10.0. The van der Waals surface area contributed by atoms with Gasteiger partial charge in [0.25, 0.3) is 5.91 Å². The maximum Gasteiger partial charge on any atom is 0.326 e. The average molecular weight is 543 g/mol. The SMILES string of the molecule is O=C(C1=CCC(c2cc(=NC3CC3)n3ncc(=Cc4[nH]c(=O)[nH]c4O)c3n2)S1)N1CCC(c2cccnc2)C1. The van der Waals surface area contributed by atoms with Crippen LogP contribution in [-0.4, -0.2) is 64.6 Å². The topological polar surface area (TPSA) is 145 Å². The highest BCUT2D eigenvalue weighted by Gasteiger charge is 2.33. The number of amides is 1. The average Bonchev–Trinajstić information content (AvgIpc) is 3.33. The fourth-order valence-corrected chi connectivity index (χ4v) is 6.31. The van der Waals surface area contributed by atoms with Crippen LogP contribution < -0.4 is 16.4 Å². The number of nitrogens with zero attached hydrogens (tertiary/aromatic N) is 6. The molecule has 1 saturated heterocycles. The van der Waals surface area contributed by atoms with E-state index in [1.54, 1.807) is 34.7 Å². The van der Waals surface area contributed by atoms with Crippen LogP contribution in [0.2, 0.25) is 0 Å². The maximum atomic E-state index is 13.4. The van der Waals surface area contributed by atoms with Crippen molar-refractivity contribution in [2.75, 3.05) is 13.1 Å². The van der Waals surface area contributed by atoms with Crippen molar-refractivity contribution >= 4 is 29.4 Å². The van der Waals surface area contributed by atoms with Crippen molar-refractivity contribution in [2.24, 2.45) is 4.99 Å². The Balaban J connectivity index is 1.16.